The highest BCUT2D eigenvalue weighted by atomic mass is 32.3. The van der Waals surface area contributed by atoms with Gasteiger partial charge in [-0.2, -0.15) is 21.6 Å². The van der Waals surface area contributed by atoms with Crippen LogP contribution in [0.5, 0.6) is 0 Å². The van der Waals surface area contributed by atoms with Crippen LogP contribution in [0.1, 0.15) is 13.3 Å². The molecule has 1 fully saturated rings. The zero-order chi connectivity index (χ0) is 19.0. The Morgan fingerprint density at radius 2 is 1.85 bits per heavy atom. The Morgan fingerprint density at radius 1 is 1.15 bits per heavy atom. The molecule has 1 aliphatic heterocycles. The number of benzene rings is 2. The van der Waals surface area contributed by atoms with Gasteiger partial charge in [-0.3, -0.25) is 0 Å². The van der Waals surface area contributed by atoms with Gasteiger partial charge in [0.2, 0.25) is 0 Å². The van der Waals surface area contributed by atoms with E-state index < -0.39 is 25.9 Å². The lowest BCUT2D eigenvalue weighted by Gasteiger charge is -2.35. The van der Waals surface area contributed by atoms with Gasteiger partial charge in [0, 0.05) is 23.0 Å². The second kappa shape index (κ2) is 7.03. The van der Waals surface area contributed by atoms with Crippen molar-refractivity contribution in [3.05, 3.63) is 42.5 Å². The molecule has 2 aromatic carbocycles. The van der Waals surface area contributed by atoms with Crippen molar-refractivity contribution in [3.63, 3.8) is 0 Å². The number of hydrogen-bond donors (Lipinski definition) is 0. The van der Waals surface area contributed by atoms with E-state index in [0.717, 1.165) is 5.39 Å². The van der Waals surface area contributed by atoms with Gasteiger partial charge in [-0.15, -0.1) is 0 Å². The molecule has 0 aliphatic carbocycles. The molecular weight excluding hydrogens is 389 g/mol. The van der Waals surface area contributed by atoms with Crippen molar-refractivity contribution < 1.29 is 30.0 Å². The van der Waals surface area contributed by atoms with Crippen molar-refractivity contribution in [1.82, 2.24) is 0 Å². The van der Waals surface area contributed by atoms with Crippen LogP contribution in [-0.4, -0.2) is 38.1 Å². The molecule has 0 spiro atoms. The summed E-state index contributed by atoms with van der Waals surface area (Å²) in [5.74, 6) is 0.338. The van der Waals surface area contributed by atoms with Crippen LogP contribution >= 0.6 is 10.3 Å². The molecular formula is C17H19F3O4S2. The monoisotopic (exact) mass is 408 g/mol. The van der Waals surface area contributed by atoms with Gasteiger partial charge < -0.3 is 4.74 Å². The van der Waals surface area contributed by atoms with Crippen molar-refractivity contribution in [2.24, 2.45) is 0 Å². The van der Waals surface area contributed by atoms with E-state index in [1.54, 1.807) is 31.2 Å². The topological polar surface area (TPSA) is 52.6 Å². The molecule has 1 aliphatic rings. The highest BCUT2D eigenvalue weighted by molar-refractivity contribution is 8.33. The predicted octanol–water partition coefficient (Wildman–Crippen LogP) is 4.59. The third kappa shape index (κ3) is 3.58. The largest absolute Gasteiger partial charge is 0.523 e. The van der Waals surface area contributed by atoms with Crippen LogP contribution in [0.3, 0.4) is 0 Å². The first kappa shape index (κ1) is 19.5. The van der Waals surface area contributed by atoms with E-state index in [1.165, 1.54) is 0 Å². The Kier molecular flexibility index (Phi) is 5.26. The standard InChI is InChI=1S/C17H19F3O4S2/c1-2-23-14-10-11-25(12-14,24-26(21,22)17(18,19)20)16-9-5-7-13-6-3-4-8-15(13)16/h3-9,14H,2,10-12H2,1H3. The molecule has 0 radical (unpaired) electrons. The molecule has 0 amide bonds. The summed E-state index contributed by atoms with van der Waals surface area (Å²) in [5.41, 5.74) is -5.46. The number of alkyl halides is 3. The second-order valence-electron chi connectivity index (χ2n) is 5.99. The number of hydrogen-bond acceptors (Lipinski definition) is 4. The molecule has 0 aromatic heterocycles. The van der Waals surface area contributed by atoms with E-state index in [9.17, 15) is 21.6 Å². The first-order chi connectivity index (χ1) is 12.2. The van der Waals surface area contributed by atoms with E-state index in [4.69, 9.17) is 8.37 Å². The Bertz CT molecular complexity index is 893. The molecule has 1 saturated heterocycles. The fraction of sp³-hybridized carbons (Fsp3) is 0.412. The van der Waals surface area contributed by atoms with Crippen molar-refractivity contribution in [1.29, 1.82) is 0 Å². The van der Waals surface area contributed by atoms with E-state index in [2.05, 4.69) is 0 Å². The van der Waals surface area contributed by atoms with Crippen LogP contribution in [0.15, 0.2) is 47.4 Å². The van der Waals surface area contributed by atoms with Gasteiger partial charge in [-0.1, -0.05) is 46.7 Å². The van der Waals surface area contributed by atoms with Crippen molar-refractivity contribution >= 4 is 31.2 Å². The summed E-state index contributed by atoms with van der Waals surface area (Å²) in [4.78, 5) is 0.519. The van der Waals surface area contributed by atoms with Gasteiger partial charge in [-0.05, 0) is 30.2 Å². The average Bonchev–Trinajstić information content (AvgIpc) is 2.97. The molecule has 0 N–H and O–H groups in total. The lowest BCUT2D eigenvalue weighted by molar-refractivity contribution is -0.0496. The summed E-state index contributed by atoms with van der Waals surface area (Å²) in [6, 6.07) is 12.4. The Labute approximate surface area is 151 Å². The Morgan fingerprint density at radius 3 is 2.54 bits per heavy atom. The van der Waals surface area contributed by atoms with E-state index in [-0.39, 0.29) is 17.6 Å². The maximum atomic E-state index is 13.0. The highest BCUT2D eigenvalue weighted by Gasteiger charge is 2.53. The van der Waals surface area contributed by atoms with E-state index in [0.29, 0.717) is 23.3 Å². The molecule has 9 heteroatoms. The number of fused-ring (bicyclic) bond motifs is 1. The van der Waals surface area contributed by atoms with Gasteiger partial charge >= 0.3 is 15.6 Å². The van der Waals surface area contributed by atoms with Crippen LogP contribution in [0.2, 0.25) is 0 Å². The maximum absolute atomic E-state index is 13.0. The number of ether oxygens (including phenoxy) is 1. The minimum absolute atomic E-state index is 0.129. The molecule has 2 unspecified atom stereocenters. The summed E-state index contributed by atoms with van der Waals surface area (Å²) >= 11 is 0. The SMILES string of the molecule is CCOC1CCS(OS(=O)(=O)C(F)(F)F)(c2cccc3ccccc23)C1. The first-order valence-electron chi connectivity index (χ1n) is 8.09. The Balaban J connectivity index is 2.13. The molecule has 0 bridgehead atoms. The minimum atomic E-state index is -5.71. The highest BCUT2D eigenvalue weighted by Crippen LogP contribution is 2.65. The van der Waals surface area contributed by atoms with Gasteiger partial charge in [0.05, 0.1) is 6.10 Å². The quantitative estimate of drug-likeness (QED) is 0.679. The van der Waals surface area contributed by atoms with Crippen LogP contribution in [-0.2, 0) is 18.5 Å². The summed E-state index contributed by atoms with van der Waals surface area (Å²) in [5, 5.41) is 1.53. The Hall–Kier alpha value is -1.29. The maximum Gasteiger partial charge on any atom is 0.523 e. The summed E-state index contributed by atoms with van der Waals surface area (Å²) in [6.07, 6.45) is 0.136. The molecule has 2 atom stereocenters. The third-order valence-corrected chi connectivity index (χ3v) is 9.57. The van der Waals surface area contributed by atoms with Gasteiger partial charge in [-0.25, -0.2) is 3.63 Å². The second-order valence-corrected chi connectivity index (χ2v) is 10.7. The van der Waals surface area contributed by atoms with Crippen LogP contribution in [0, 0.1) is 0 Å². The minimum Gasteiger partial charge on any atom is -0.378 e. The normalized spacial score (nSPS) is 26.7. The molecule has 2 aromatic rings. The zero-order valence-corrected chi connectivity index (χ0v) is 15.7. The predicted molar refractivity (Wildman–Crippen MR) is 95.6 cm³/mol. The van der Waals surface area contributed by atoms with Crippen molar-refractivity contribution in [3.8, 4) is 0 Å². The number of halogens is 3. The van der Waals surface area contributed by atoms with Crippen LogP contribution in [0.25, 0.3) is 10.8 Å². The average molecular weight is 408 g/mol. The smallest absolute Gasteiger partial charge is 0.378 e. The molecule has 26 heavy (non-hydrogen) atoms. The van der Waals surface area contributed by atoms with Gasteiger partial charge in [0.25, 0.3) is 0 Å². The molecule has 3 rings (SSSR count). The zero-order valence-electron chi connectivity index (χ0n) is 14.0. The molecule has 4 nitrogen and oxygen atoms in total. The summed E-state index contributed by atoms with van der Waals surface area (Å²) in [6.45, 7) is 2.20. The van der Waals surface area contributed by atoms with Crippen LogP contribution in [0.4, 0.5) is 13.2 Å². The lowest BCUT2D eigenvalue weighted by Crippen LogP contribution is -2.28. The summed E-state index contributed by atoms with van der Waals surface area (Å²) in [7, 11) is -8.42. The third-order valence-electron chi connectivity index (χ3n) is 4.28. The fourth-order valence-electron chi connectivity index (χ4n) is 3.18. The molecule has 1 heterocycles. The number of rotatable bonds is 5. The van der Waals surface area contributed by atoms with Gasteiger partial charge in [0.15, 0.2) is 0 Å². The lowest BCUT2D eigenvalue weighted by atomic mass is 10.1. The molecule has 144 valence electrons. The fourth-order valence-corrected chi connectivity index (χ4v) is 8.64. The van der Waals surface area contributed by atoms with Gasteiger partial charge in [0.1, 0.15) is 0 Å². The van der Waals surface area contributed by atoms with Crippen LogP contribution < -0.4 is 0 Å². The molecule has 0 saturated carbocycles. The van der Waals surface area contributed by atoms with E-state index in [1.807, 2.05) is 18.2 Å². The summed E-state index contributed by atoms with van der Waals surface area (Å²) < 4.78 is 73.2. The van der Waals surface area contributed by atoms with Crippen molar-refractivity contribution in [2.45, 2.75) is 29.9 Å². The van der Waals surface area contributed by atoms with Crippen molar-refractivity contribution in [2.75, 3.05) is 18.1 Å². The first-order valence-corrected chi connectivity index (χ1v) is 11.4. The van der Waals surface area contributed by atoms with E-state index >= 15 is 0 Å².